The van der Waals surface area contributed by atoms with Crippen molar-refractivity contribution in [3.63, 3.8) is 0 Å². The van der Waals surface area contributed by atoms with Crippen LogP contribution in [0.25, 0.3) is 0 Å². The topological polar surface area (TPSA) is 13.0 Å². The summed E-state index contributed by atoms with van der Waals surface area (Å²) in [4.78, 5) is 0. The maximum absolute atomic E-state index is 3.13. The van der Waals surface area contributed by atoms with Crippen LogP contribution in [0.15, 0.2) is 0 Å². The van der Waals surface area contributed by atoms with Crippen LogP contribution in [0.2, 0.25) is 146 Å². The van der Waals surface area contributed by atoms with Crippen LogP contribution in [0, 0.1) is 0 Å². The zero-order chi connectivity index (χ0) is 45.3. The van der Waals surface area contributed by atoms with E-state index in [-0.39, 0.29) is 15.4 Å². The predicted octanol–water partition coefficient (Wildman–Crippen LogP) is 12.4. The summed E-state index contributed by atoms with van der Waals surface area (Å²) in [5.74, 6) is 0. The third-order valence-electron chi connectivity index (χ3n) is 14.0. The molecule has 2 fully saturated rings. The molecule has 0 saturated carbocycles. The fraction of sp³-hybridized carbons (Fsp3) is 1.00. The molecule has 0 aromatic carbocycles. The molecule has 2 aliphatic heterocycles. The van der Waals surface area contributed by atoms with Crippen LogP contribution in [0.3, 0.4) is 0 Å². The Morgan fingerprint density at radius 2 is 0.643 bits per heavy atom. The van der Waals surface area contributed by atoms with E-state index in [1.54, 1.807) is 0 Å². The summed E-state index contributed by atoms with van der Waals surface area (Å²) in [5, 5.41) is 0. The van der Waals surface area contributed by atoms with Gasteiger partial charge in [-0.15, -0.1) is 0 Å². The molecule has 0 aromatic rings. The van der Waals surface area contributed by atoms with Gasteiger partial charge in [0.1, 0.15) is 0 Å². The Labute approximate surface area is 383 Å². The predicted molar refractivity (Wildman–Crippen MR) is 294 cm³/mol. The van der Waals surface area contributed by atoms with Crippen molar-refractivity contribution in [1.82, 2.24) is 14.1 Å². The molecule has 0 amide bonds. The SMILES string of the molecule is CC1(C)CCCC(C)(C)[N]1[GeH2][N]1C(C)(C)CCCC1(C)C.C[CH]([GeH2][CH]([Si](C)(C)C)[Si](C)(C)C)[Si](C)(C)C.C[Si](C)(C)[N]([GeH2][N]([Si](C)(C)C)[Si](C)(C)C)[Si](C)(C)C. The number of hydrogen-bond acceptors (Lipinski definition) is 4. The van der Waals surface area contributed by atoms with Gasteiger partial charge in [-0.3, -0.25) is 0 Å². The minimum absolute atomic E-state index is 0.365. The second-order valence-electron chi connectivity index (χ2n) is 28.4. The fourth-order valence-electron chi connectivity index (χ4n) is 10.7. The first-order valence-electron chi connectivity index (χ1n) is 23.2. The number of piperidine rings is 2. The molecule has 0 radical (unpaired) electrons. The van der Waals surface area contributed by atoms with Gasteiger partial charge in [0.15, 0.2) is 0 Å². The van der Waals surface area contributed by atoms with Crippen LogP contribution in [-0.2, 0) is 0 Å². The Bertz CT molecular complexity index is 1060. The van der Waals surface area contributed by atoms with Crippen LogP contribution >= 0.6 is 0 Å². The molecular formula is C42H110Ge3N4Si7. The molecule has 0 N–H and O–H groups in total. The van der Waals surface area contributed by atoms with Gasteiger partial charge in [-0.25, -0.2) is 0 Å². The Morgan fingerprint density at radius 1 is 0.411 bits per heavy atom. The van der Waals surface area contributed by atoms with E-state index in [1.165, 1.54) is 46.9 Å². The van der Waals surface area contributed by atoms with Crippen LogP contribution in [0.4, 0.5) is 0 Å². The van der Waals surface area contributed by atoms with Crippen molar-refractivity contribution in [2.75, 3.05) is 0 Å². The maximum atomic E-state index is 3.13. The van der Waals surface area contributed by atoms with Crippen molar-refractivity contribution in [3.8, 4) is 0 Å². The van der Waals surface area contributed by atoms with Gasteiger partial charge in [0, 0.05) is 0 Å². The zero-order valence-electron chi connectivity index (χ0n) is 44.8. The molecule has 0 aromatic heterocycles. The van der Waals surface area contributed by atoms with Gasteiger partial charge in [-0.05, 0) is 0 Å². The molecule has 0 spiro atoms. The van der Waals surface area contributed by atoms with Gasteiger partial charge in [0.25, 0.3) is 0 Å². The van der Waals surface area contributed by atoms with E-state index in [4.69, 9.17) is 0 Å². The monoisotopic (exact) mass is 1090 g/mol. The first-order valence-corrected chi connectivity index (χ1v) is 56.5. The van der Waals surface area contributed by atoms with E-state index in [2.05, 4.69) is 214 Å². The Morgan fingerprint density at radius 3 is 0.821 bits per heavy atom. The molecule has 2 heterocycles. The summed E-state index contributed by atoms with van der Waals surface area (Å²) in [6.45, 7) is 76.7. The first kappa shape index (κ1) is 59.0. The van der Waals surface area contributed by atoms with Crippen molar-refractivity contribution < 1.29 is 0 Å². The van der Waals surface area contributed by atoms with E-state index in [0.717, 1.165) is 0 Å². The van der Waals surface area contributed by atoms with Crippen LogP contribution in [0.5, 0.6) is 0 Å². The quantitative estimate of drug-likeness (QED) is 0.170. The van der Waals surface area contributed by atoms with E-state index in [1.807, 2.05) is 0 Å². The molecule has 14 heteroatoms. The van der Waals surface area contributed by atoms with Gasteiger partial charge >= 0.3 is 387 Å². The first-order chi connectivity index (χ1) is 24.1. The van der Waals surface area contributed by atoms with Crippen molar-refractivity contribution >= 4 is 104 Å². The average molecular weight is 1090 g/mol. The van der Waals surface area contributed by atoms with Gasteiger partial charge < -0.3 is 0 Å². The Balaban J connectivity index is 0.000000820. The molecule has 2 saturated heterocycles. The molecule has 4 nitrogen and oxygen atoms in total. The van der Waals surface area contributed by atoms with Crippen LogP contribution in [0.1, 0.15) is 101 Å². The molecule has 1 unspecified atom stereocenters. The van der Waals surface area contributed by atoms with Crippen molar-refractivity contribution in [1.29, 1.82) is 0 Å². The van der Waals surface area contributed by atoms with Gasteiger partial charge in [-0.2, -0.15) is 0 Å². The van der Waals surface area contributed by atoms with E-state index in [0.29, 0.717) is 22.2 Å². The Kier molecular flexibility index (Phi) is 21.5. The summed E-state index contributed by atoms with van der Waals surface area (Å²) < 4.78 is 14.7. The summed E-state index contributed by atoms with van der Waals surface area (Å²) >= 11 is -2.12. The minimum atomic E-state index is -1.16. The van der Waals surface area contributed by atoms with Crippen LogP contribution in [-0.4, -0.2) is 141 Å². The summed E-state index contributed by atoms with van der Waals surface area (Å²) in [6.07, 6.45) is 8.27. The summed E-state index contributed by atoms with van der Waals surface area (Å²) in [7, 11) is -7.29. The second-order valence-corrected chi connectivity index (χ2v) is 88.2. The number of hydrogen-bond donors (Lipinski definition) is 0. The summed E-state index contributed by atoms with van der Waals surface area (Å²) in [6, 6.07) is 0. The fourth-order valence-corrected chi connectivity index (χ4v) is 85.5. The van der Waals surface area contributed by atoms with E-state index < -0.39 is 88.9 Å². The molecular weight excluding hydrogens is 975 g/mol. The third kappa shape index (κ3) is 19.0. The zero-order valence-corrected chi connectivity index (χ0v) is 60.7. The van der Waals surface area contributed by atoms with Crippen molar-refractivity contribution in [3.05, 3.63) is 0 Å². The molecule has 1 atom stereocenters. The molecule has 0 bridgehead atoms. The average Bonchev–Trinajstić information content (AvgIpc) is 2.85. The Hall–Kier alpha value is 2.99. The van der Waals surface area contributed by atoms with Crippen molar-refractivity contribution in [2.24, 2.45) is 0 Å². The van der Waals surface area contributed by atoms with Crippen molar-refractivity contribution in [2.45, 2.75) is 269 Å². The molecule has 338 valence electrons. The molecule has 56 heavy (non-hydrogen) atoms. The standard InChI is InChI=1S/C18H38GeN2.C12H38GeN2Si4.C12H34GeSi3/c1-15(2)11-9-12-16(3,4)20(15)19-21-17(5,6)13-10-14-18(21,7)8;1-16(2,3)14(17(4,5)6)13-15(18(7,8)9)19(10,11)12;1-11(14(2,3)4)13-12(15(5,6)7)16(8,9)10/h9-14,19H2,1-8H3;13H2,1-12H3;11-12H,13H2,1-10H3. The number of rotatable bonds is 13. The van der Waals surface area contributed by atoms with Gasteiger partial charge in [-0.1, -0.05) is 0 Å². The second kappa shape index (κ2) is 20.4. The third-order valence-corrected chi connectivity index (χ3v) is 107. The molecule has 2 rings (SSSR count). The summed E-state index contributed by atoms with van der Waals surface area (Å²) in [5.41, 5.74) is 1.58. The molecule has 2 aliphatic rings. The molecule has 0 aliphatic carbocycles. The normalized spacial score (nSPS) is 22.2. The van der Waals surface area contributed by atoms with E-state index in [9.17, 15) is 0 Å². The van der Waals surface area contributed by atoms with Gasteiger partial charge in [0.2, 0.25) is 0 Å². The number of nitrogens with zero attached hydrogens (tertiary/aromatic N) is 4. The van der Waals surface area contributed by atoms with Crippen LogP contribution < -0.4 is 0 Å². The van der Waals surface area contributed by atoms with E-state index >= 15 is 0 Å². The van der Waals surface area contributed by atoms with Gasteiger partial charge in [0.05, 0.1) is 0 Å².